The number of ether oxygens (including phenoxy) is 1. The fraction of sp³-hybridized carbons (Fsp3) is 0.565. The lowest BCUT2D eigenvalue weighted by molar-refractivity contribution is 0.00578. The highest BCUT2D eigenvalue weighted by Gasteiger charge is 2.52. The van der Waals surface area contributed by atoms with E-state index in [0.29, 0.717) is 21.7 Å². The van der Waals surface area contributed by atoms with E-state index in [1.807, 2.05) is 27.7 Å². The maximum atomic E-state index is 6.29. The molecule has 2 aromatic rings. The van der Waals surface area contributed by atoms with Gasteiger partial charge in [-0.2, -0.15) is 0 Å². The highest BCUT2D eigenvalue weighted by Crippen LogP contribution is 2.39. The summed E-state index contributed by atoms with van der Waals surface area (Å²) < 4.78 is 18.5. The molecule has 172 valence electrons. The van der Waals surface area contributed by atoms with Gasteiger partial charge in [-0.25, -0.2) is 9.97 Å². The number of aromatic nitrogens is 2. The molecule has 0 atom stereocenters. The average molecular weight is 478 g/mol. The number of nitrogens with two attached hydrogens (primary N) is 1. The van der Waals surface area contributed by atoms with Crippen LogP contribution in [-0.4, -0.2) is 28.3 Å². The summed E-state index contributed by atoms with van der Waals surface area (Å²) in [7, 11) is -0.531. The van der Waals surface area contributed by atoms with E-state index >= 15 is 0 Å². The van der Waals surface area contributed by atoms with Crippen LogP contribution in [0.15, 0.2) is 18.3 Å². The molecule has 4 rings (SSSR count). The number of halogens is 2. The number of hydrogen-bond acceptors (Lipinski definition) is 6. The van der Waals surface area contributed by atoms with E-state index in [9.17, 15) is 0 Å². The molecule has 6 nitrogen and oxygen atoms in total. The largest absolute Gasteiger partial charge is 0.498 e. The van der Waals surface area contributed by atoms with Crippen molar-refractivity contribution >= 4 is 41.5 Å². The van der Waals surface area contributed by atoms with Crippen LogP contribution in [0.3, 0.4) is 0 Å². The van der Waals surface area contributed by atoms with E-state index in [4.69, 9.17) is 48.0 Å². The monoisotopic (exact) mass is 477 g/mol. The number of hydrogen-bond donors (Lipinski definition) is 1. The Morgan fingerprint density at radius 2 is 1.66 bits per heavy atom. The lowest BCUT2D eigenvalue weighted by Gasteiger charge is -2.32. The second kappa shape index (κ2) is 9.01. The highest BCUT2D eigenvalue weighted by atomic mass is 35.5. The molecule has 2 heterocycles. The Hall–Kier alpha value is -1.54. The summed E-state index contributed by atoms with van der Waals surface area (Å²) in [5.74, 6) is 0.853. The Kier molecular flexibility index (Phi) is 6.65. The summed E-state index contributed by atoms with van der Waals surface area (Å²) in [6.45, 7) is 8.16. The summed E-state index contributed by atoms with van der Waals surface area (Å²) in [4.78, 5) is 9.20. The SMILES string of the molecule is CC1(C)OB(c2cnc(Oc3c(Cl)cc(N)cc3Cl)nc2CC2CCCCC2)OC1(C)C. The fourth-order valence-corrected chi connectivity index (χ4v) is 4.80. The summed E-state index contributed by atoms with van der Waals surface area (Å²) in [5.41, 5.74) is 7.09. The first-order valence-corrected chi connectivity index (χ1v) is 11.9. The predicted molar refractivity (Wildman–Crippen MR) is 129 cm³/mol. The van der Waals surface area contributed by atoms with Crippen LogP contribution in [0.4, 0.5) is 5.69 Å². The standard InChI is InChI=1S/C23H30BCl2N3O3/c1-22(2)23(3,4)32-24(31-22)16-13-28-21(29-19(16)10-14-8-6-5-7-9-14)30-20-17(25)11-15(27)12-18(20)26/h11-14H,5-10,27H2,1-4H3. The molecule has 0 spiro atoms. The molecule has 2 aliphatic rings. The Morgan fingerprint density at radius 3 is 2.25 bits per heavy atom. The Balaban J connectivity index is 1.66. The van der Waals surface area contributed by atoms with Crippen molar-refractivity contribution in [3.8, 4) is 11.8 Å². The van der Waals surface area contributed by atoms with Gasteiger partial charge in [0.1, 0.15) is 0 Å². The lowest BCUT2D eigenvalue weighted by Crippen LogP contribution is -2.41. The molecule has 1 aliphatic heterocycles. The molecule has 32 heavy (non-hydrogen) atoms. The minimum absolute atomic E-state index is 0.185. The average Bonchev–Trinajstić information content (AvgIpc) is 2.92. The van der Waals surface area contributed by atoms with Gasteiger partial charge in [-0.1, -0.05) is 55.3 Å². The van der Waals surface area contributed by atoms with Crippen molar-refractivity contribution in [1.29, 1.82) is 0 Å². The van der Waals surface area contributed by atoms with Crippen LogP contribution < -0.4 is 15.9 Å². The molecule has 0 radical (unpaired) electrons. The Labute approximate surface area is 200 Å². The molecular formula is C23H30BCl2N3O3. The van der Waals surface area contributed by atoms with E-state index in [-0.39, 0.29) is 11.8 Å². The van der Waals surface area contributed by atoms with Crippen LogP contribution in [0.2, 0.25) is 10.0 Å². The van der Waals surface area contributed by atoms with Crippen molar-refractivity contribution in [2.45, 2.75) is 77.4 Å². The third-order valence-electron chi connectivity index (χ3n) is 6.81. The first kappa shape index (κ1) is 23.6. The first-order chi connectivity index (χ1) is 15.1. The van der Waals surface area contributed by atoms with Gasteiger partial charge in [0.05, 0.1) is 21.2 Å². The third-order valence-corrected chi connectivity index (χ3v) is 7.37. The van der Waals surface area contributed by atoms with E-state index in [1.165, 1.54) is 32.1 Å². The normalized spacial score (nSPS) is 20.5. The van der Waals surface area contributed by atoms with Crippen LogP contribution in [0.25, 0.3) is 0 Å². The fourth-order valence-electron chi connectivity index (χ4n) is 4.22. The van der Waals surface area contributed by atoms with E-state index in [2.05, 4.69) is 4.98 Å². The molecule has 0 amide bonds. The first-order valence-electron chi connectivity index (χ1n) is 11.2. The van der Waals surface area contributed by atoms with Gasteiger partial charge in [-0.3, -0.25) is 0 Å². The Bertz CT molecular complexity index is 957. The summed E-state index contributed by atoms with van der Waals surface area (Å²) in [6.07, 6.45) is 8.75. The molecule has 0 unspecified atom stereocenters. The minimum Gasteiger partial charge on any atom is -0.421 e. The summed E-state index contributed by atoms with van der Waals surface area (Å²) in [6, 6.07) is 3.36. The maximum Gasteiger partial charge on any atom is 0.498 e. The van der Waals surface area contributed by atoms with Gasteiger partial charge >= 0.3 is 13.1 Å². The van der Waals surface area contributed by atoms with Crippen LogP contribution in [0.1, 0.15) is 65.5 Å². The van der Waals surface area contributed by atoms with Crippen LogP contribution >= 0.6 is 23.2 Å². The van der Waals surface area contributed by atoms with Crippen molar-refractivity contribution in [2.75, 3.05) is 5.73 Å². The molecular weight excluding hydrogens is 448 g/mol. The lowest BCUT2D eigenvalue weighted by atomic mass is 9.75. The molecule has 2 fully saturated rings. The van der Waals surface area contributed by atoms with E-state index < -0.39 is 18.3 Å². The van der Waals surface area contributed by atoms with Crippen molar-refractivity contribution in [3.05, 3.63) is 34.1 Å². The van der Waals surface area contributed by atoms with Gasteiger partial charge in [-0.15, -0.1) is 0 Å². The van der Waals surface area contributed by atoms with Crippen LogP contribution in [0, 0.1) is 5.92 Å². The molecule has 1 saturated carbocycles. The molecule has 1 aromatic carbocycles. The number of nitrogens with zero attached hydrogens (tertiary/aromatic N) is 2. The molecule has 9 heteroatoms. The molecule has 1 aromatic heterocycles. The number of benzene rings is 1. The van der Waals surface area contributed by atoms with Gasteiger partial charge in [0, 0.05) is 23.0 Å². The molecule has 0 bridgehead atoms. The summed E-state index contributed by atoms with van der Waals surface area (Å²) in [5, 5.41) is 0.616. The van der Waals surface area contributed by atoms with Crippen molar-refractivity contribution in [3.63, 3.8) is 0 Å². The Morgan fingerprint density at radius 1 is 1.06 bits per heavy atom. The van der Waals surface area contributed by atoms with E-state index in [1.54, 1.807) is 18.3 Å². The van der Waals surface area contributed by atoms with Gasteiger partial charge in [0.2, 0.25) is 0 Å². The zero-order chi connectivity index (χ0) is 23.1. The quantitative estimate of drug-likeness (QED) is 0.447. The topological polar surface area (TPSA) is 79.5 Å². The number of anilines is 1. The second-order valence-corrected chi connectivity index (χ2v) is 10.6. The number of rotatable bonds is 5. The second-order valence-electron chi connectivity index (χ2n) is 9.77. The molecule has 1 aliphatic carbocycles. The zero-order valence-corrected chi connectivity index (χ0v) is 20.6. The zero-order valence-electron chi connectivity index (χ0n) is 19.1. The minimum atomic E-state index is -0.531. The molecule has 2 N–H and O–H groups in total. The highest BCUT2D eigenvalue weighted by molar-refractivity contribution is 6.62. The predicted octanol–water partition coefficient (Wildman–Crippen LogP) is 5.58. The smallest absolute Gasteiger partial charge is 0.421 e. The van der Waals surface area contributed by atoms with Gasteiger partial charge in [0.25, 0.3) is 0 Å². The van der Waals surface area contributed by atoms with E-state index in [0.717, 1.165) is 17.6 Å². The van der Waals surface area contributed by atoms with Crippen molar-refractivity contribution < 1.29 is 14.0 Å². The van der Waals surface area contributed by atoms with Gasteiger partial charge in [0.15, 0.2) is 5.75 Å². The van der Waals surface area contributed by atoms with Crippen LogP contribution in [-0.2, 0) is 15.7 Å². The van der Waals surface area contributed by atoms with Crippen molar-refractivity contribution in [1.82, 2.24) is 9.97 Å². The van der Waals surface area contributed by atoms with Crippen LogP contribution in [0.5, 0.6) is 11.8 Å². The van der Waals surface area contributed by atoms with Crippen molar-refractivity contribution in [2.24, 2.45) is 5.92 Å². The summed E-state index contributed by atoms with van der Waals surface area (Å²) >= 11 is 12.6. The molecule has 1 saturated heterocycles. The van der Waals surface area contributed by atoms with Gasteiger partial charge in [-0.05, 0) is 52.2 Å². The third kappa shape index (κ3) is 4.86. The number of nitrogen functional groups attached to an aromatic ring is 1. The van der Waals surface area contributed by atoms with Gasteiger partial charge < -0.3 is 19.8 Å². The maximum absolute atomic E-state index is 6.29.